The lowest BCUT2D eigenvalue weighted by atomic mass is 10.0. The van der Waals surface area contributed by atoms with Crippen molar-refractivity contribution in [2.75, 3.05) is 32.1 Å². The second-order valence-electron chi connectivity index (χ2n) is 7.29. The minimum atomic E-state index is -1.39. The van der Waals surface area contributed by atoms with Gasteiger partial charge in [-0.3, -0.25) is 4.98 Å². The molecule has 0 bridgehead atoms. The number of rotatable bonds is 7. The quantitative estimate of drug-likeness (QED) is 0.516. The van der Waals surface area contributed by atoms with Crippen LogP contribution in [-0.4, -0.2) is 53.6 Å². The fourth-order valence-electron chi connectivity index (χ4n) is 3.58. The molecule has 0 aromatic carbocycles. The Balaban J connectivity index is 1.46. The van der Waals surface area contributed by atoms with Gasteiger partial charge in [0.1, 0.15) is 30.0 Å². The van der Waals surface area contributed by atoms with E-state index in [4.69, 9.17) is 14.7 Å². The Morgan fingerprint density at radius 3 is 2.83 bits per heavy atom. The highest BCUT2D eigenvalue weighted by Crippen LogP contribution is 2.37. The zero-order chi connectivity index (χ0) is 21.0. The number of hydrazine groups is 1. The van der Waals surface area contributed by atoms with Gasteiger partial charge in [0.05, 0.1) is 49.7 Å². The summed E-state index contributed by atoms with van der Waals surface area (Å²) in [6, 6.07) is 1.77. The highest BCUT2D eigenvalue weighted by Gasteiger charge is 2.36. The number of hydrogen-bond acceptors (Lipinski definition) is 10. The molecule has 2 fully saturated rings. The second-order valence-corrected chi connectivity index (χ2v) is 7.29. The molecule has 11 heteroatoms. The molecule has 0 aliphatic carbocycles. The van der Waals surface area contributed by atoms with Crippen molar-refractivity contribution in [3.05, 3.63) is 36.0 Å². The van der Waals surface area contributed by atoms with E-state index in [1.165, 1.54) is 12.4 Å². The molecule has 2 aliphatic heterocycles. The first-order valence-corrected chi connectivity index (χ1v) is 9.64. The summed E-state index contributed by atoms with van der Waals surface area (Å²) in [6.07, 6.45) is 6.99. The van der Waals surface area contributed by atoms with E-state index in [9.17, 15) is 4.39 Å². The van der Waals surface area contributed by atoms with Crippen LogP contribution in [0.3, 0.4) is 0 Å². The maximum absolute atomic E-state index is 14.7. The number of ether oxygens (including phenoxy) is 2. The molecule has 0 spiro atoms. The molecule has 30 heavy (non-hydrogen) atoms. The van der Waals surface area contributed by atoms with Gasteiger partial charge < -0.3 is 20.1 Å². The van der Waals surface area contributed by atoms with Crippen molar-refractivity contribution < 1.29 is 13.9 Å². The van der Waals surface area contributed by atoms with E-state index >= 15 is 0 Å². The third-order valence-electron chi connectivity index (χ3n) is 5.15. The molecule has 2 aromatic rings. The van der Waals surface area contributed by atoms with Gasteiger partial charge in [0.2, 0.25) is 0 Å². The molecule has 4 rings (SSSR count). The number of nitrogens with one attached hydrogen (secondary N) is 4. The number of hydrogen-bond donors (Lipinski definition) is 4. The number of alkyl halides is 1. The molecule has 10 nitrogen and oxygen atoms in total. The molecule has 4 N–H and O–H groups in total. The fraction of sp³-hybridized carbons (Fsp3) is 0.474. The lowest BCUT2D eigenvalue weighted by molar-refractivity contribution is 0.102. The standard InChI is InChI=1S/C19H23FN8O2/c1-29-14-7-23-8-15(30-11-19(20)2-3-22-10-19)18(14)13-4-16(28-27-13)26-17-9-24-12(5-21)6-25-17/h6-9,13,16,22,27-28H,2-4,10-11H2,1H3,(H,25,26)/t13?,16?,19-/m0/s1. The van der Waals surface area contributed by atoms with Gasteiger partial charge in [-0.25, -0.2) is 25.2 Å². The van der Waals surface area contributed by atoms with E-state index in [-0.39, 0.29) is 31.1 Å². The lowest BCUT2D eigenvalue weighted by Gasteiger charge is -2.22. The van der Waals surface area contributed by atoms with Crippen molar-refractivity contribution in [2.45, 2.75) is 30.7 Å². The summed E-state index contributed by atoms with van der Waals surface area (Å²) >= 11 is 0. The number of nitrogens with zero attached hydrogens (tertiary/aromatic N) is 4. The molecular weight excluding hydrogens is 391 g/mol. The molecule has 158 valence electrons. The van der Waals surface area contributed by atoms with E-state index in [0.717, 1.165) is 5.56 Å². The van der Waals surface area contributed by atoms with Gasteiger partial charge in [-0.15, -0.1) is 0 Å². The Hall–Kier alpha value is -3.07. The maximum Gasteiger partial charge on any atom is 0.158 e. The fourth-order valence-corrected chi connectivity index (χ4v) is 3.58. The van der Waals surface area contributed by atoms with Crippen LogP contribution in [0, 0.1) is 11.3 Å². The van der Waals surface area contributed by atoms with Gasteiger partial charge in [-0.05, 0) is 13.0 Å². The van der Waals surface area contributed by atoms with Crippen LogP contribution in [-0.2, 0) is 0 Å². The van der Waals surface area contributed by atoms with E-state index in [0.29, 0.717) is 36.7 Å². The van der Waals surface area contributed by atoms with E-state index in [1.807, 2.05) is 6.07 Å². The monoisotopic (exact) mass is 414 g/mol. The SMILES string of the molecule is COc1cncc(OC[C@]2(F)CCNC2)c1C1CC(Nc2cnc(C#N)cn2)NN1. The number of anilines is 1. The van der Waals surface area contributed by atoms with Crippen LogP contribution >= 0.6 is 0 Å². The van der Waals surface area contributed by atoms with Gasteiger partial charge in [-0.2, -0.15) is 5.26 Å². The first-order chi connectivity index (χ1) is 14.6. The number of pyridine rings is 1. The van der Waals surface area contributed by atoms with Crippen LogP contribution in [0.25, 0.3) is 0 Å². The first-order valence-electron chi connectivity index (χ1n) is 9.64. The third kappa shape index (κ3) is 4.40. The zero-order valence-electron chi connectivity index (χ0n) is 16.5. The van der Waals surface area contributed by atoms with Crippen molar-refractivity contribution in [1.82, 2.24) is 31.1 Å². The minimum absolute atomic E-state index is 0.0511. The summed E-state index contributed by atoms with van der Waals surface area (Å²) in [5.74, 6) is 1.58. The van der Waals surface area contributed by atoms with Gasteiger partial charge in [0.25, 0.3) is 0 Å². The molecule has 4 heterocycles. The topological polar surface area (TPSA) is 129 Å². The molecular formula is C19H23FN8O2. The largest absolute Gasteiger partial charge is 0.495 e. The first kappa shape index (κ1) is 20.2. The third-order valence-corrected chi connectivity index (χ3v) is 5.15. The normalized spacial score (nSPS) is 25.6. The van der Waals surface area contributed by atoms with Gasteiger partial charge in [-0.1, -0.05) is 0 Å². The molecule has 0 amide bonds. The lowest BCUT2D eigenvalue weighted by Crippen LogP contribution is -2.36. The predicted octanol–water partition coefficient (Wildman–Crippen LogP) is 0.809. The summed E-state index contributed by atoms with van der Waals surface area (Å²) in [5.41, 5.74) is 6.00. The molecule has 0 saturated carbocycles. The van der Waals surface area contributed by atoms with Crippen LogP contribution in [0.5, 0.6) is 11.5 Å². The summed E-state index contributed by atoms with van der Waals surface area (Å²) in [7, 11) is 1.56. The molecule has 0 radical (unpaired) electrons. The minimum Gasteiger partial charge on any atom is -0.495 e. The van der Waals surface area contributed by atoms with Crippen LogP contribution < -0.4 is 31.0 Å². The molecule has 3 atom stereocenters. The van der Waals surface area contributed by atoms with Crippen LogP contribution in [0.4, 0.5) is 10.2 Å². The van der Waals surface area contributed by atoms with Crippen LogP contribution in [0.2, 0.25) is 0 Å². The predicted molar refractivity (Wildman–Crippen MR) is 105 cm³/mol. The highest BCUT2D eigenvalue weighted by molar-refractivity contribution is 5.45. The molecule has 2 aromatic heterocycles. The summed E-state index contributed by atoms with van der Waals surface area (Å²) in [4.78, 5) is 12.3. The second kappa shape index (κ2) is 8.74. The van der Waals surface area contributed by atoms with Crippen molar-refractivity contribution in [1.29, 1.82) is 5.26 Å². The average molecular weight is 414 g/mol. The van der Waals surface area contributed by atoms with Crippen LogP contribution in [0.15, 0.2) is 24.8 Å². The number of halogens is 1. The zero-order valence-corrected chi connectivity index (χ0v) is 16.5. The molecule has 2 aliphatic rings. The van der Waals surface area contributed by atoms with Crippen molar-refractivity contribution in [3.63, 3.8) is 0 Å². The maximum atomic E-state index is 14.7. The number of nitriles is 1. The molecule has 2 saturated heterocycles. The van der Waals surface area contributed by atoms with Gasteiger partial charge >= 0.3 is 0 Å². The highest BCUT2D eigenvalue weighted by atomic mass is 19.1. The summed E-state index contributed by atoms with van der Waals surface area (Å²) in [5, 5.41) is 15.1. The van der Waals surface area contributed by atoms with E-state index in [2.05, 4.69) is 36.4 Å². The Morgan fingerprint density at radius 2 is 2.13 bits per heavy atom. The summed E-state index contributed by atoms with van der Waals surface area (Å²) < 4.78 is 26.1. The summed E-state index contributed by atoms with van der Waals surface area (Å²) in [6.45, 7) is 0.869. The van der Waals surface area contributed by atoms with Gasteiger partial charge in [0.15, 0.2) is 11.4 Å². The van der Waals surface area contributed by atoms with Crippen molar-refractivity contribution in [2.24, 2.45) is 0 Å². The van der Waals surface area contributed by atoms with E-state index < -0.39 is 5.67 Å². The average Bonchev–Trinajstić information content (AvgIpc) is 3.42. The Morgan fingerprint density at radius 1 is 1.27 bits per heavy atom. The van der Waals surface area contributed by atoms with Crippen molar-refractivity contribution >= 4 is 5.82 Å². The smallest absolute Gasteiger partial charge is 0.158 e. The number of aromatic nitrogens is 3. The Labute approximate surface area is 173 Å². The van der Waals surface area contributed by atoms with E-state index in [1.54, 1.807) is 19.5 Å². The van der Waals surface area contributed by atoms with Gasteiger partial charge in [0, 0.05) is 13.0 Å². The van der Waals surface area contributed by atoms with Crippen LogP contribution in [0.1, 0.15) is 30.1 Å². The van der Waals surface area contributed by atoms with Crippen molar-refractivity contribution in [3.8, 4) is 17.6 Å². The Bertz CT molecular complexity index is 914. The Kier molecular flexibility index (Phi) is 5.89. The molecule has 2 unspecified atom stereocenters. The number of methoxy groups -OCH3 is 1.